The van der Waals surface area contributed by atoms with Gasteiger partial charge in [0.15, 0.2) is 35.6 Å². The Morgan fingerprint density at radius 2 is 1.31 bits per heavy atom. The summed E-state index contributed by atoms with van der Waals surface area (Å²) in [6.07, 6.45) is -11.7. The minimum Gasteiger partial charge on any atom is -0.465 e. The van der Waals surface area contributed by atoms with E-state index >= 15 is 0 Å². The summed E-state index contributed by atoms with van der Waals surface area (Å²) in [5.74, 6) is -10.4. The highest BCUT2D eigenvalue weighted by Crippen LogP contribution is 2.70. The van der Waals surface area contributed by atoms with Gasteiger partial charge in [0, 0.05) is 47.7 Å². The molecule has 5 rings (SSSR count). The Kier molecular flexibility index (Phi) is 11.7. The number of aryl methyl sites for hydroxylation is 1. The van der Waals surface area contributed by atoms with Crippen LogP contribution in [0.15, 0.2) is 18.3 Å². The second-order valence-electron chi connectivity index (χ2n) is 15.6. The third kappa shape index (κ3) is 7.25. The molecule has 0 amide bonds. The molecule has 1 spiro atoms. The van der Waals surface area contributed by atoms with Crippen LogP contribution in [0.5, 0.6) is 0 Å². The number of rotatable bonds is 7. The summed E-state index contributed by atoms with van der Waals surface area (Å²) in [6, 6.07) is 2.81. The summed E-state index contributed by atoms with van der Waals surface area (Å²) in [5, 5.41) is 25.0. The van der Waals surface area contributed by atoms with Crippen molar-refractivity contribution in [3.05, 3.63) is 29.6 Å². The van der Waals surface area contributed by atoms with Crippen LogP contribution in [0.4, 0.5) is 0 Å². The maximum absolute atomic E-state index is 14.2. The molecule has 2 N–H and O–H groups in total. The van der Waals surface area contributed by atoms with Crippen molar-refractivity contribution in [2.24, 2.45) is 11.3 Å². The van der Waals surface area contributed by atoms with Crippen LogP contribution >= 0.6 is 0 Å². The lowest BCUT2D eigenvalue weighted by Gasteiger charge is -2.67. The molecule has 58 heavy (non-hydrogen) atoms. The molecule has 20 nitrogen and oxygen atoms in total. The van der Waals surface area contributed by atoms with Crippen molar-refractivity contribution in [2.45, 2.75) is 134 Å². The zero-order valence-electron chi connectivity index (χ0n) is 33.4. The van der Waals surface area contributed by atoms with E-state index in [1.807, 2.05) is 0 Å². The Bertz CT molecular complexity index is 1890. The number of pyridine rings is 1. The minimum absolute atomic E-state index is 0.0880. The molecule has 1 aromatic heterocycles. The first kappa shape index (κ1) is 43.9. The lowest BCUT2D eigenvalue weighted by Crippen LogP contribution is -2.89. The monoisotopic (exact) mass is 821 g/mol. The van der Waals surface area contributed by atoms with Crippen LogP contribution in [-0.4, -0.2) is 135 Å². The topological polar surface area (TPSA) is 273 Å². The van der Waals surface area contributed by atoms with Crippen molar-refractivity contribution in [2.75, 3.05) is 13.2 Å². The second-order valence-corrected chi connectivity index (χ2v) is 15.6. The van der Waals surface area contributed by atoms with Crippen LogP contribution < -0.4 is 0 Å². The van der Waals surface area contributed by atoms with E-state index < -0.39 is 138 Å². The summed E-state index contributed by atoms with van der Waals surface area (Å²) < 4.78 is 53.8. The first-order valence-electron chi connectivity index (χ1n) is 18.3. The molecule has 318 valence electrons. The predicted molar refractivity (Wildman–Crippen MR) is 187 cm³/mol. The number of nitrogens with zero attached hydrogens (tertiary/aromatic N) is 1. The number of esters is 8. The fourth-order valence-electron chi connectivity index (χ4n) is 9.15. The largest absolute Gasteiger partial charge is 0.465 e. The molecule has 1 aromatic rings. The Morgan fingerprint density at radius 1 is 0.776 bits per heavy atom. The van der Waals surface area contributed by atoms with Crippen molar-refractivity contribution in [3.63, 3.8) is 0 Å². The summed E-state index contributed by atoms with van der Waals surface area (Å²) >= 11 is 0. The second kappa shape index (κ2) is 15.5. The number of aliphatic hydroxyl groups is 2. The van der Waals surface area contributed by atoms with Crippen LogP contribution in [0, 0.1) is 11.3 Å². The highest BCUT2D eigenvalue weighted by Gasteiger charge is 2.92. The van der Waals surface area contributed by atoms with Gasteiger partial charge in [-0.3, -0.25) is 33.8 Å². The van der Waals surface area contributed by atoms with E-state index in [1.165, 1.54) is 25.3 Å². The molecule has 3 heterocycles. The maximum Gasteiger partial charge on any atom is 0.340 e. The van der Waals surface area contributed by atoms with Gasteiger partial charge in [0.05, 0.1) is 17.2 Å². The van der Waals surface area contributed by atoms with Gasteiger partial charge < -0.3 is 52.8 Å². The lowest BCUT2D eigenvalue weighted by atomic mass is 9.45. The van der Waals surface area contributed by atoms with E-state index in [9.17, 15) is 48.6 Å². The molecule has 20 heteroatoms. The molecule has 12 atom stereocenters. The molecule has 2 unspecified atom stereocenters. The molecule has 4 aliphatic rings. The van der Waals surface area contributed by atoms with Gasteiger partial charge >= 0.3 is 47.8 Å². The van der Waals surface area contributed by atoms with Gasteiger partial charge in [0.2, 0.25) is 0 Å². The molecule has 2 saturated carbocycles. The minimum atomic E-state index is -2.93. The first-order valence-corrected chi connectivity index (χ1v) is 18.3. The van der Waals surface area contributed by atoms with E-state index in [0.29, 0.717) is 0 Å². The molecule has 2 aliphatic heterocycles. The van der Waals surface area contributed by atoms with Crippen molar-refractivity contribution in [1.82, 2.24) is 4.98 Å². The third-order valence-electron chi connectivity index (χ3n) is 11.2. The Hall–Kier alpha value is -5.21. The summed E-state index contributed by atoms with van der Waals surface area (Å²) in [7, 11) is 0. The van der Waals surface area contributed by atoms with Crippen LogP contribution in [0.2, 0.25) is 0 Å². The highest BCUT2D eigenvalue weighted by molar-refractivity contribution is 5.90. The number of ether oxygens (including phenoxy) is 9. The van der Waals surface area contributed by atoms with Crippen molar-refractivity contribution in [1.29, 1.82) is 0 Å². The van der Waals surface area contributed by atoms with Crippen molar-refractivity contribution >= 4 is 47.8 Å². The standard InChI is InChI=1S/C38H47NO19/c1-17(40)50-16-37-30(55-21(5)44)26(52-18(2)41)25-28(54-20(4)43)38(37)36(9,49)29(27(53-19(3)42)31(37)56-22(6)45)57-33(47)34(7,48)13-12-24-23(11-10-14-39-24)32(46)51-15-35(25,8)58-38/h10-11,14,25-31,48-49H,12-13,15-16H2,1-9H3/t25-,26?,27+,28-,29+,30-,31+,34?,35+,36+,37-,38-/m1/s1. The average molecular weight is 822 g/mol. The molecule has 2 aliphatic carbocycles. The zero-order valence-corrected chi connectivity index (χ0v) is 33.4. The van der Waals surface area contributed by atoms with Gasteiger partial charge in [0.25, 0.3) is 0 Å². The average Bonchev–Trinajstić information content (AvgIpc) is 3.32. The van der Waals surface area contributed by atoms with Crippen LogP contribution in [-0.2, 0) is 82.6 Å². The van der Waals surface area contributed by atoms with Crippen LogP contribution in [0.3, 0.4) is 0 Å². The Labute approximate surface area is 332 Å². The van der Waals surface area contributed by atoms with Crippen molar-refractivity contribution < 1.29 is 91.2 Å². The quantitative estimate of drug-likeness (QED) is 0.270. The number of fused-ring (bicyclic) bond motifs is 5. The number of cyclic esters (lactones) is 1. The van der Waals surface area contributed by atoms with E-state index in [2.05, 4.69) is 4.98 Å². The SMILES string of the molecule is CC(=O)OC[C@]12[C@H](OC(C)=O)C(OC(C)=O)[C@@H]3[C@@H](OC(C)=O)[C@]14O[C@@]3(C)COC(=O)c1cccnc1CCC(C)(O)C(=O)O[C@@H]([C@H](OC(C)=O)[C@@H]2OC(C)=O)[C@]4(C)O. The number of hydrogen-bond donors (Lipinski definition) is 2. The van der Waals surface area contributed by atoms with E-state index in [-0.39, 0.29) is 17.7 Å². The van der Waals surface area contributed by atoms with Gasteiger partial charge in [-0.1, -0.05) is 0 Å². The summed E-state index contributed by atoms with van der Waals surface area (Å²) in [6.45, 7) is 7.30. The molecule has 1 saturated heterocycles. The summed E-state index contributed by atoms with van der Waals surface area (Å²) in [5.41, 5.74) is -12.9. The number of carbonyl (C=O) groups is 8. The smallest absolute Gasteiger partial charge is 0.340 e. The van der Waals surface area contributed by atoms with Gasteiger partial charge in [-0.25, -0.2) is 9.59 Å². The molecule has 0 aromatic carbocycles. The van der Waals surface area contributed by atoms with Gasteiger partial charge in [-0.05, 0) is 45.7 Å². The molecular weight excluding hydrogens is 774 g/mol. The molecular formula is C38H47NO19. The lowest BCUT2D eigenvalue weighted by molar-refractivity contribution is -0.387. The summed E-state index contributed by atoms with van der Waals surface area (Å²) in [4.78, 5) is 111. The molecule has 0 radical (unpaired) electrons. The zero-order chi connectivity index (χ0) is 43.3. The number of carbonyl (C=O) groups excluding carboxylic acids is 8. The van der Waals surface area contributed by atoms with Gasteiger partial charge in [0.1, 0.15) is 42.0 Å². The molecule has 3 fully saturated rings. The number of hydrogen-bond acceptors (Lipinski definition) is 20. The van der Waals surface area contributed by atoms with E-state index in [0.717, 1.165) is 55.4 Å². The van der Waals surface area contributed by atoms with Crippen LogP contribution in [0.1, 0.15) is 84.8 Å². The molecule has 4 bridgehead atoms. The Morgan fingerprint density at radius 3 is 1.86 bits per heavy atom. The van der Waals surface area contributed by atoms with Gasteiger partial charge in [-0.15, -0.1) is 0 Å². The predicted octanol–water partition coefficient (Wildman–Crippen LogP) is -0.0225. The highest BCUT2D eigenvalue weighted by atomic mass is 16.7. The third-order valence-corrected chi connectivity index (χ3v) is 11.2. The van der Waals surface area contributed by atoms with Gasteiger partial charge in [-0.2, -0.15) is 0 Å². The Balaban J connectivity index is 2.01. The number of aromatic nitrogens is 1. The normalized spacial score (nSPS) is 37.9. The van der Waals surface area contributed by atoms with Crippen LogP contribution in [0.25, 0.3) is 0 Å². The van der Waals surface area contributed by atoms with Crippen molar-refractivity contribution in [3.8, 4) is 0 Å². The maximum atomic E-state index is 14.2. The fourth-order valence-corrected chi connectivity index (χ4v) is 9.15. The first-order chi connectivity index (χ1) is 26.9. The fraction of sp³-hybridized carbons (Fsp3) is 0.658. The van der Waals surface area contributed by atoms with E-state index in [1.54, 1.807) is 0 Å². The van der Waals surface area contributed by atoms with E-state index in [4.69, 9.17) is 42.6 Å².